The fraction of sp³-hybridized carbons (Fsp3) is 0.917. The Balaban J connectivity index is 2.13. The van der Waals surface area contributed by atoms with Gasteiger partial charge in [-0.3, -0.25) is 4.79 Å². The van der Waals surface area contributed by atoms with Crippen LogP contribution in [0, 0.1) is 11.3 Å². The summed E-state index contributed by atoms with van der Waals surface area (Å²) in [5, 5.41) is 3.35. The van der Waals surface area contributed by atoms with Crippen molar-refractivity contribution in [1.82, 2.24) is 10.2 Å². The van der Waals surface area contributed by atoms with E-state index in [9.17, 15) is 4.79 Å². The maximum Gasteiger partial charge on any atom is 0.230 e. The summed E-state index contributed by atoms with van der Waals surface area (Å²) in [4.78, 5) is 14.6. The lowest BCUT2D eigenvalue weighted by molar-refractivity contribution is -0.142. The SMILES string of the molecule is CC(C)C1(C(=O)N2CCCC2)CCNC1. The zero-order chi connectivity index (χ0) is 10.9. The van der Waals surface area contributed by atoms with Crippen molar-refractivity contribution in [2.24, 2.45) is 11.3 Å². The molecule has 0 aromatic heterocycles. The Morgan fingerprint density at radius 1 is 1.33 bits per heavy atom. The van der Waals surface area contributed by atoms with Gasteiger partial charge in [-0.1, -0.05) is 13.8 Å². The minimum atomic E-state index is -0.107. The Morgan fingerprint density at radius 3 is 2.47 bits per heavy atom. The number of nitrogens with zero attached hydrogens (tertiary/aromatic N) is 1. The first-order valence-corrected chi connectivity index (χ1v) is 6.17. The molecule has 2 aliphatic heterocycles. The summed E-state index contributed by atoms with van der Waals surface area (Å²) in [5.74, 6) is 0.848. The number of carbonyl (C=O) groups is 1. The molecule has 86 valence electrons. The highest BCUT2D eigenvalue weighted by Crippen LogP contribution is 2.36. The molecule has 0 radical (unpaired) electrons. The third kappa shape index (κ3) is 1.78. The van der Waals surface area contributed by atoms with E-state index in [4.69, 9.17) is 0 Å². The zero-order valence-corrected chi connectivity index (χ0v) is 9.88. The molecule has 1 unspecified atom stereocenters. The van der Waals surface area contributed by atoms with Crippen molar-refractivity contribution in [3.63, 3.8) is 0 Å². The molecule has 15 heavy (non-hydrogen) atoms. The van der Waals surface area contributed by atoms with E-state index in [1.54, 1.807) is 0 Å². The minimum absolute atomic E-state index is 0.107. The summed E-state index contributed by atoms with van der Waals surface area (Å²) >= 11 is 0. The number of nitrogens with one attached hydrogen (secondary N) is 1. The van der Waals surface area contributed by atoms with Crippen molar-refractivity contribution in [3.8, 4) is 0 Å². The van der Waals surface area contributed by atoms with Gasteiger partial charge in [0.2, 0.25) is 5.91 Å². The summed E-state index contributed by atoms with van der Waals surface area (Å²) < 4.78 is 0. The van der Waals surface area contributed by atoms with Crippen LogP contribution in [0.1, 0.15) is 33.1 Å². The van der Waals surface area contributed by atoms with Crippen LogP contribution in [-0.4, -0.2) is 37.0 Å². The Labute approximate surface area is 92.2 Å². The molecule has 3 heteroatoms. The van der Waals surface area contributed by atoms with Crippen molar-refractivity contribution >= 4 is 5.91 Å². The van der Waals surface area contributed by atoms with Crippen molar-refractivity contribution in [2.75, 3.05) is 26.2 Å². The molecule has 1 N–H and O–H groups in total. The Bertz CT molecular complexity index is 238. The van der Waals surface area contributed by atoms with E-state index in [1.807, 2.05) is 0 Å². The lowest BCUT2D eigenvalue weighted by Gasteiger charge is -2.35. The van der Waals surface area contributed by atoms with E-state index >= 15 is 0 Å². The Kier molecular flexibility index (Phi) is 3.01. The summed E-state index contributed by atoms with van der Waals surface area (Å²) in [7, 11) is 0. The number of likely N-dealkylation sites (tertiary alicyclic amines) is 1. The van der Waals surface area contributed by atoms with Crippen molar-refractivity contribution < 1.29 is 4.79 Å². The molecule has 2 heterocycles. The predicted octanol–water partition coefficient (Wildman–Crippen LogP) is 1.24. The third-order valence-corrected chi connectivity index (χ3v) is 4.11. The van der Waals surface area contributed by atoms with Crippen LogP contribution in [0.25, 0.3) is 0 Å². The van der Waals surface area contributed by atoms with Gasteiger partial charge in [0.05, 0.1) is 5.41 Å². The summed E-state index contributed by atoms with van der Waals surface area (Å²) in [6, 6.07) is 0. The van der Waals surface area contributed by atoms with E-state index in [0.717, 1.165) is 32.6 Å². The molecule has 2 rings (SSSR count). The van der Waals surface area contributed by atoms with E-state index in [1.165, 1.54) is 12.8 Å². The normalized spacial score (nSPS) is 31.5. The number of rotatable bonds is 2. The highest BCUT2D eigenvalue weighted by atomic mass is 16.2. The van der Waals surface area contributed by atoms with Crippen LogP contribution in [0.15, 0.2) is 0 Å². The van der Waals surface area contributed by atoms with Crippen LogP contribution in [0.5, 0.6) is 0 Å². The fourth-order valence-corrected chi connectivity index (χ4v) is 2.87. The molecule has 2 fully saturated rings. The monoisotopic (exact) mass is 210 g/mol. The van der Waals surface area contributed by atoms with Crippen LogP contribution in [0.4, 0.5) is 0 Å². The van der Waals surface area contributed by atoms with E-state index < -0.39 is 0 Å². The summed E-state index contributed by atoms with van der Waals surface area (Å²) in [6.07, 6.45) is 3.39. The van der Waals surface area contributed by atoms with Crippen LogP contribution >= 0.6 is 0 Å². The van der Waals surface area contributed by atoms with Gasteiger partial charge in [-0.2, -0.15) is 0 Å². The fourth-order valence-electron chi connectivity index (χ4n) is 2.87. The lowest BCUT2D eigenvalue weighted by atomic mass is 9.75. The number of hydrogen-bond acceptors (Lipinski definition) is 2. The van der Waals surface area contributed by atoms with Gasteiger partial charge in [-0.05, 0) is 31.7 Å². The van der Waals surface area contributed by atoms with Crippen molar-refractivity contribution in [1.29, 1.82) is 0 Å². The highest BCUT2D eigenvalue weighted by molar-refractivity contribution is 5.84. The maximum atomic E-state index is 12.5. The lowest BCUT2D eigenvalue weighted by Crippen LogP contribution is -2.47. The molecule has 0 aromatic rings. The Morgan fingerprint density at radius 2 is 2.00 bits per heavy atom. The first kappa shape index (κ1) is 10.9. The topological polar surface area (TPSA) is 32.3 Å². The van der Waals surface area contributed by atoms with Crippen LogP contribution < -0.4 is 5.32 Å². The number of amides is 1. The number of carbonyl (C=O) groups excluding carboxylic acids is 1. The van der Waals surface area contributed by atoms with E-state index in [-0.39, 0.29) is 5.41 Å². The maximum absolute atomic E-state index is 12.5. The minimum Gasteiger partial charge on any atom is -0.342 e. The Hall–Kier alpha value is -0.570. The van der Waals surface area contributed by atoms with Crippen LogP contribution in [0.2, 0.25) is 0 Å². The molecular formula is C12H22N2O. The smallest absolute Gasteiger partial charge is 0.230 e. The first-order chi connectivity index (χ1) is 7.17. The number of hydrogen-bond donors (Lipinski definition) is 1. The van der Waals surface area contributed by atoms with Gasteiger partial charge >= 0.3 is 0 Å². The van der Waals surface area contributed by atoms with Gasteiger partial charge in [0.25, 0.3) is 0 Å². The molecule has 0 saturated carbocycles. The average Bonchev–Trinajstić information content (AvgIpc) is 2.89. The zero-order valence-electron chi connectivity index (χ0n) is 9.88. The van der Waals surface area contributed by atoms with E-state index in [2.05, 4.69) is 24.1 Å². The molecule has 1 amide bonds. The van der Waals surface area contributed by atoms with Crippen molar-refractivity contribution in [3.05, 3.63) is 0 Å². The second-order valence-electron chi connectivity index (χ2n) is 5.24. The molecule has 0 bridgehead atoms. The summed E-state index contributed by atoms with van der Waals surface area (Å²) in [6.45, 7) is 8.19. The molecule has 3 nitrogen and oxygen atoms in total. The van der Waals surface area contributed by atoms with Gasteiger partial charge < -0.3 is 10.2 Å². The van der Waals surface area contributed by atoms with Crippen molar-refractivity contribution in [2.45, 2.75) is 33.1 Å². The first-order valence-electron chi connectivity index (χ1n) is 6.17. The molecule has 2 aliphatic rings. The third-order valence-electron chi connectivity index (χ3n) is 4.11. The average molecular weight is 210 g/mol. The van der Waals surface area contributed by atoms with Gasteiger partial charge in [-0.15, -0.1) is 0 Å². The van der Waals surface area contributed by atoms with E-state index in [0.29, 0.717) is 11.8 Å². The van der Waals surface area contributed by atoms with Gasteiger partial charge in [0.15, 0.2) is 0 Å². The van der Waals surface area contributed by atoms with Crippen LogP contribution in [-0.2, 0) is 4.79 Å². The molecule has 0 aromatic carbocycles. The largest absolute Gasteiger partial charge is 0.342 e. The van der Waals surface area contributed by atoms with Gasteiger partial charge in [0, 0.05) is 19.6 Å². The second kappa shape index (κ2) is 4.12. The molecule has 2 saturated heterocycles. The molecule has 0 spiro atoms. The van der Waals surface area contributed by atoms with Gasteiger partial charge in [0.1, 0.15) is 0 Å². The van der Waals surface area contributed by atoms with Crippen LogP contribution in [0.3, 0.4) is 0 Å². The quantitative estimate of drug-likeness (QED) is 0.744. The molecule has 1 atom stereocenters. The highest BCUT2D eigenvalue weighted by Gasteiger charge is 2.46. The predicted molar refractivity (Wildman–Crippen MR) is 60.6 cm³/mol. The summed E-state index contributed by atoms with van der Waals surface area (Å²) in [5.41, 5.74) is -0.107. The second-order valence-corrected chi connectivity index (χ2v) is 5.24. The standard InChI is InChI=1S/C12H22N2O/c1-10(2)12(5-6-13-9-12)11(15)14-7-3-4-8-14/h10,13H,3-9H2,1-2H3. The van der Waals surface area contributed by atoms with Gasteiger partial charge in [-0.25, -0.2) is 0 Å². The molecular weight excluding hydrogens is 188 g/mol. The molecule has 0 aliphatic carbocycles.